The van der Waals surface area contributed by atoms with Gasteiger partial charge in [-0.05, 0) is 7.05 Å². The van der Waals surface area contributed by atoms with Crippen LogP contribution < -0.4 is 10.6 Å². The lowest BCUT2D eigenvalue weighted by Crippen LogP contribution is -2.30. The molecular weight excluding hydrogens is 198 g/mol. The van der Waals surface area contributed by atoms with E-state index in [1.54, 1.807) is 13.2 Å². The highest BCUT2D eigenvalue weighted by Crippen LogP contribution is 2.04. The lowest BCUT2D eigenvalue weighted by atomic mass is 10.3. The number of rotatable bonds is 6. The standard InChI is InChI=1S/C9H15N3O3/c1-10-3-4-11-9(13)8-5-7(6-14-2)15-12-8/h5,10H,3-4,6H2,1-2H3,(H,11,13). The third-order valence-electron chi connectivity index (χ3n) is 1.74. The normalized spacial score (nSPS) is 10.3. The van der Waals surface area contributed by atoms with E-state index < -0.39 is 0 Å². The molecule has 0 bridgehead atoms. The van der Waals surface area contributed by atoms with E-state index in [1.807, 2.05) is 7.05 Å². The van der Waals surface area contributed by atoms with Crippen molar-refractivity contribution in [3.05, 3.63) is 17.5 Å². The zero-order valence-corrected chi connectivity index (χ0v) is 8.87. The first-order valence-corrected chi connectivity index (χ1v) is 4.65. The second-order valence-electron chi connectivity index (χ2n) is 2.97. The first kappa shape index (κ1) is 11.7. The fourth-order valence-electron chi connectivity index (χ4n) is 1.02. The molecule has 0 radical (unpaired) electrons. The molecule has 1 aromatic rings. The lowest BCUT2D eigenvalue weighted by Gasteiger charge is -2.00. The van der Waals surface area contributed by atoms with Crippen LogP contribution in [0.1, 0.15) is 16.2 Å². The van der Waals surface area contributed by atoms with E-state index in [2.05, 4.69) is 15.8 Å². The number of methoxy groups -OCH3 is 1. The van der Waals surface area contributed by atoms with E-state index in [0.29, 0.717) is 25.5 Å². The molecule has 0 aliphatic heterocycles. The minimum absolute atomic E-state index is 0.239. The molecule has 0 spiro atoms. The van der Waals surface area contributed by atoms with Gasteiger partial charge in [0, 0.05) is 26.3 Å². The number of carbonyl (C=O) groups excluding carboxylic acids is 1. The molecule has 0 aliphatic carbocycles. The van der Waals surface area contributed by atoms with Gasteiger partial charge in [-0.25, -0.2) is 0 Å². The molecular formula is C9H15N3O3. The predicted octanol–water partition coefficient (Wildman–Crippen LogP) is -0.230. The monoisotopic (exact) mass is 213 g/mol. The highest BCUT2D eigenvalue weighted by Gasteiger charge is 2.11. The largest absolute Gasteiger partial charge is 0.377 e. The van der Waals surface area contributed by atoms with E-state index in [9.17, 15) is 4.79 Å². The number of ether oxygens (including phenoxy) is 1. The molecule has 0 aromatic carbocycles. The zero-order chi connectivity index (χ0) is 11.1. The van der Waals surface area contributed by atoms with Crippen LogP contribution in [-0.4, -0.2) is 38.3 Å². The molecule has 0 unspecified atom stereocenters. The molecule has 6 heteroatoms. The van der Waals surface area contributed by atoms with Crippen LogP contribution in [0.2, 0.25) is 0 Å². The van der Waals surface area contributed by atoms with Gasteiger partial charge in [0.15, 0.2) is 11.5 Å². The van der Waals surface area contributed by atoms with Crippen molar-refractivity contribution in [2.24, 2.45) is 0 Å². The summed E-state index contributed by atoms with van der Waals surface area (Å²) in [6.45, 7) is 1.59. The Kier molecular flexibility index (Phi) is 4.79. The molecule has 1 aromatic heterocycles. The van der Waals surface area contributed by atoms with Crippen molar-refractivity contribution in [3.63, 3.8) is 0 Å². The molecule has 1 rings (SSSR count). The summed E-state index contributed by atoms with van der Waals surface area (Å²) in [6, 6.07) is 1.57. The van der Waals surface area contributed by atoms with Crippen LogP contribution in [0.5, 0.6) is 0 Å². The first-order chi connectivity index (χ1) is 7.27. The van der Waals surface area contributed by atoms with Crippen LogP contribution in [-0.2, 0) is 11.3 Å². The number of nitrogens with one attached hydrogen (secondary N) is 2. The smallest absolute Gasteiger partial charge is 0.273 e. The van der Waals surface area contributed by atoms with E-state index in [0.717, 1.165) is 0 Å². The van der Waals surface area contributed by atoms with Crippen LogP contribution in [0.25, 0.3) is 0 Å². The summed E-state index contributed by atoms with van der Waals surface area (Å²) in [7, 11) is 3.37. The summed E-state index contributed by atoms with van der Waals surface area (Å²) >= 11 is 0. The van der Waals surface area contributed by atoms with Gasteiger partial charge in [-0.3, -0.25) is 4.79 Å². The summed E-state index contributed by atoms with van der Waals surface area (Å²) in [5, 5.41) is 9.24. The molecule has 0 saturated heterocycles. The molecule has 0 aliphatic rings. The Morgan fingerprint density at radius 3 is 3.07 bits per heavy atom. The number of aromatic nitrogens is 1. The predicted molar refractivity (Wildman–Crippen MR) is 53.5 cm³/mol. The topological polar surface area (TPSA) is 76.4 Å². The van der Waals surface area contributed by atoms with Gasteiger partial charge in [0.05, 0.1) is 0 Å². The van der Waals surface area contributed by atoms with Crippen molar-refractivity contribution in [2.75, 3.05) is 27.2 Å². The van der Waals surface area contributed by atoms with Crippen LogP contribution in [0, 0.1) is 0 Å². The van der Waals surface area contributed by atoms with E-state index in [4.69, 9.17) is 9.26 Å². The number of carbonyl (C=O) groups is 1. The van der Waals surface area contributed by atoms with Gasteiger partial charge >= 0.3 is 0 Å². The lowest BCUT2D eigenvalue weighted by molar-refractivity contribution is 0.0944. The Balaban J connectivity index is 2.43. The van der Waals surface area contributed by atoms with Gasteiger partial charge in [-0.2, -0.15) is 0 Å². The first-order valence-electron chi connectivity index (χ1n) is 4.65. The summed E-state index contributed by atoms with van der Waals surface area (Å²) in [4.78, 5) is 11.4. The second-order valence-corrected chi connectivity index (χ2v) is 2.97. The Morgan fingerprint density at radius 2 is 2.40 bits per heavy atom. The van der Waals surface area contributed by atoms with Gasteiger partial charge < -0.3 is 19.9 Å². The number of nitrogens with zero attached hydrogens (tertiary/aromatic N) is 1. The third kappa shape index (κ3) is 3.69. The zero-order valence-electron chi connectivity index (χ0n) is 8.87. The van der Waals surface area contributed by atoms with Crippen LogP contribution in [0.4, 0.5) is 0 Å². The second kappa shape index (κ2) is 6.15. The van der Waals surface area contributed by atoms with Gasteiger partial charge in [-0.15, -0.1) is 0 Å². The van der Waals surface area contributed by atoms with E-state index in [-0.39, 0.29) is 11.6 Å². The number of amides is 1. The van der Waals surface area contributed by atoms with Gasteiger partial charge in [0.2, 0.25) is 0 Å². The van der Waals surface area contributed by atoms with Crippen LogP contribution in [0.3, 0.4) is 0 Å². The maximum Gasteiger partial charge on any atom is 0.273 e. The average Bonchev–Trinajstić information content (AvgIpc) is 2.67. The summed E-state index contributed by atoms with van der Waals surface area (Å²) in [5.41, 5.74) is 0.276. The van der Waals surface area contributed by atoms with Gasteiger partial charge in [-0.1, -0.05) is 5.16 Å². The van der Waals surface area contributed by atoms with Crippen LogP contribution in [0.15, 0.2) is 10.6 Å². The Morgan fingerprint density at radius 1 is 1.60 bits per heavy atom. The summed E-state index contributed by atoms with van der Waals surface area (Å²) in [5.74, 6) is 0.299. The fraction of sp³-hybridized carbons (Fsp3) is 0.556. The molecule has 2 N–H and O–H groups in total. The Hall–Kier alpha value is -1.40. The van der Waals surface area contributed by atoms with Crippen molar-refractivity contribution in [1.29, 1.82) is 0 Å². The van der Waals surface area contributed by atoms with Crippen molar-refractivity contribution in [2.45, 2.75) is 6.61 Å². The maximum atomic E-state index is 11.4. The maximum absolute atomic E-state index is 11.4. The minimum Gasteiger partial charge on any atom is -0.377 e. The SMILES string of the molecule is CNCCNC(=O)c1cc(COC)on1. The highest BCUT2D eigenvalue weighted by molar-refractivity contribution is 5.92. The highest BCUT2D eigenvalue weighted by atomic mass is 16.5. The summed E-state index contributed by atoms with van der Waals surface area (Å²) in [6.07, 6.45) is 0. The molecule has 0 saturated carbocycles. The van der Waals surface area contributed by atoms with Crippen molar-refractivity contribution in [1.82, 2.24) is 15.8 Å². The summed E-state index contributed by atoms with van der Waals surface area (Å²) < 4.78 is 9.73. The number of likely N-dealkylation sites (N-methyl/N-ethyl adjacent to an activating group) is 1. The molecule has 1 heterocycles. The molecule has 6 nitrogen and oxygen atoms in total. The van der Waals surface area contributed by atoms with Crippen molar-refractivity contribution >= 4 is 5.91 Å². The molecule has 84 valence electrons. The van der Waals surface area contributed by atoms with Gasteiger partial charge in [0.1, 0.15) is 6.61 Å². The van der Waals surface area contributed by atoms with Crippen molar-refractivity contribution in [3.8, 4) is 0 Å². The van der Waals surface area contributed by atoms with Gasteiger partial charge in [0.25, 0.3) is 5.91 Å². The Labute approximate surface area is 88.0 Å². The van der Waals surface area contributed by atoms with Crippen molar-refractivity contribution < 1.29 is 14.1 Å². The van der Waals surface area contributed by atoms with E-state index in [1.165, 1.54) is 0 Å². The number of hydrogen-bond donors (Lipinski definition) is 2. The molecule has 1 amide bonds. The fourth-order valence-corrected chi connectivity index (χ4v) is 1.02. The number of hydrogen-bond acceptors (Lipinski definition) is 5. The third-order valence-corrected chi connectivity index (χ3v) is 1.74. The van der Waals surface area contributed by atoms with E-state index >= 15 is 0 Å². The molecule has 0 atom stereocenters. The molecule has 15 heavy (non-hydrogen) atoms. The minimum atomic E-state index is -0.239. The Bertz CT molecular complexity index is 311. The molecule has 0 fully saturated rings. The average molecular weight is 213 g/mol. The van der Waals surface area contributed by atoms with Crippen LogP contribution >= 0.6 is 0 Å². The quantitative estimate of drug-likeness (QED) is 0.638.